The van der Waals surface area contributed by atoms with Crippen LogP contribution in [0.25, 0.3) is 0 Å². The molecule has 0 saturated heterocycles. The molecule has 0 N–H and O–H groups in total. The molecule has 0 bridgehead atoms. The predicted octanol–water partition coefficient (Wildman–Crippen LogP) is 5.78. The van der Waals surface area contributed by atoms with Crippen molar-refractivity contribution in [2.45, 2.75) is 71.1 Å². The summed E-state index contributed by atoms with van der Waals surface area (Å²) in [6.45, 7) is 7.04. The van der Waals surface area contributed by atoms with E-state index in [1.807, 2.05) is 11.3 Å². The molecule has 0 aromatic carbocycles. The Labute approximate surface area is 105 Å². The molecule has 1 unspecified atom stereocenters. The van der Waals surface area contributed by atoms with Crippen molar-refractivity contribution in [1.82, 2.24) is 0 Å². The molecule has 1 heteroatoms. The van der Waals surface area contributed by atoms with Gasteiger partial charge in [-0.25, -0.2) is 0 Å². The molecule has 0 radical (unpaired) electrons. The minimum absolute atomic E-state index is 0.441. The van der Waals surface area contributed by atoms with E-state index in [4.69, 9.17) is 0 Å². The number of rotatable bonds is 8. The van der Waals surface area contributed by atoms with Crippen molar-refractivity contribution in [3.05, 3.63) is 22.4 Å². The average Bonchev–Trinajstić information content (AvgIpc) is 2.79. The maximum Gasteiger partial charge on any atom is 0.0104 e. The van der Waals surface area contributed by atoms with Crippen molar-refractivity contribution in [1.29, 1.82) is 0 Å². The molecule has 1 rings (SSSR count). The smallest absolute Gasteiger partial charge is 0.0104 e. The van der Waals surface area contributed by atoms with Gasteiger partial charge in [0.15, 0.2) is 0 Å². The van der Waals surface area contributed by atoms with Gasteiger partial charge in [-0.15, -0.1) is 11.3 Å². The van der Waals surface area contributed by atoms with E-state index in [0.717, 1.165) is 0 Å². The summed E-state index contributed by atoms with van der Waals surface area (Å²) in [7, 11) is 0. The molecule has 0 aliphatic rings. The predicted molar refractivity (Wildman–Crippen MR) is 75.3 cm³/mol. The number of thiophene rings is 1. The van der Waals surface area contributed by atoms with E-state index in [1.54, 1.807) is 4.88 Å². The fourth-order valence-electron chi connectivity index (χ4n) is 2.49. The third kappa shape index (κ3) is 3.93. The van der Waals surface area contributed by atoms with Gasteiger partial charge in [0, 0.05) is 10.3 Å². The van der Waals surface area contributed by atoms with Gasteiger partial charge in [-0.3, -0.25) is 0 Å². The highest BCUT2D eigenvalue weighted by atomic mass is 32.1. The second kappa shape index (κ2) is 7.11. The highest BCUT2D eigenvalue weighted by Gasteiger charge is 2.25. The summed E-state index contributed by atoms with van der Waals surface area (Å²) >= 11 is 1.93. The van der Waals surface area contributed by atoms with E-state index >= 15 is 0 Å². The lowest BCUT2D eigenvalue weighted by Gasteiger charge is -2.28. The molecule has 1 aromatic rings. The maximum absolute atomic E-state index is 2.45. The van der Waals surface area contributed by atoms with E-state index in [-0.39, 0.29) is 0 Å². The third-order valence-corrected chi connectivity index (χ3v) is 4.68. The number of hydrogen-bond donors (Lipinski definition) is 0. The van der Waals surface area contributed by atoms with Crippen LogP contribution in [0.1, 0.15) is 70.6 Å². The van der Waals surface area contributed by atoms with Gasteiger partial charge in [0.05, 0.1) is 0 Å². The molecule has 0 aliphatic heterocycles. The van der Waals surface area contributed by atoms with Crippen LogP contribution < -0.4 is 0 Å². The largest absolute Gasteiger partial charge is 0.148 e. The zero-order valence-corrected chi connectivity index (χ0v) is 11.9. The Bertz CT molecular complexity index is 263. The maximum atomic E-state index is 2.45. The lowest BCUT2D eigenvalue weighted by atomic mass is 9.79. The minimum atomic E-state index is 0.441. The lowest BCUT2D eigenvalue weighted by molar-refractivity contribution is 0.383. The molecule has 0 fully saturated rings. The molecule has 1 aromatic heterocycles. The van der Waals surface area contributed by atoms with Gasteiger partial charge in [-0.1, -0.05) is 58.9 Å². The summed E-state index contributed by atoms with van der Waals surface area (Å²) in [4.78, 5) is 1.59. The zero-order chi connectivity index (χ0) is 11.9. The fourth-order valence-corrected chi connectivity index (χ4v) is 3.44. The second-order valence-corrected chi connectivity index (χ2v) is 6.05. The molecule has 92 valence electrons. The van der Waals surface area contributed by atoms with Gasteiger partial charge >= 0.3 is 0 Å². The van der Waals surface area contributed by atoms with Crippen LogP contribution in [0.15, 0.2) is 17.5 Å². The van der Waals surface area contributed by atoms with Gasteiger partial charge in [-0.2, -0.15) is 0 Å². The third-order valence-electron chi connectivity index (χ3n) is 3.50. The minimum Gasteiger partial charge on any atom is -0.148 e. The second-order valence-electron chi connectivity index (χ2n) is 5.10. The molecular weight excluding hydrogens is 212 g/mol. The highest BCUT2D eigenvalue weighted by molar-refractivity contribution is 7.10. The Morgan fingerprint density at radius 3 is 2.44 bits per heavy atom. The molecule has 0 spiro atoms. The van der Waals surface area contributed by atoms with Crippen molar-refractivity contribution in [3.63, 3.8) is 0 Å². The first kappa shape index (κ1) is 13.8. The van der Waals surface area contributed by atoms with Gasteiger partial charge < -0.3 is 0 Å². The van der Waals surface area contributed by atoms with Gasteiger partial charge in [0.2, 0.25) is 0 Å². The topological polar surface area (TPSA) is 0 Å². The lowest BCUT2D eigenvalue weighted by Crippen LogP contribution is -2.20. The van der Waals surface area contributed by atoms with Crippen LogP contribution in [0.4, 0.5) is 0 Å². The Morgan fingerprint density at radius 2 is 1.88 bits per heavy atom. The molecule has 0 aliphatic carbocycles. The van der Waals surface area contributed by atoms with Gasteiger partial charge in [-0.05, 0) is 24.3 Å². The first-order valence-electron chi connectivity index (χ1n) is 6.77. The quantitative estimate of drug-likeness (QED) is 0.504. The highest BCUT2D eigenvalue weighted by Crippen LogP contribution is 2.37. The van der Waals surface area contributed by atoms with E-state index in [0.29, 0.717) is 5.41 Å². The van der Waals surface area contributed by atoms with Crippen molar-refractivity contribution >= 4 is 11.3 Å². The summed E-state index contributed by atoms with van der Waals surface area (Å²) in [6, 6.07) is 4.51. The fraction of sp³-hybridized carbons (Fsp3) is 0.733. The molecule has 0 amide bonds. The van der Waals surface area contributed by atoms with Crippen LogP contribution in [0.5, 0.6) is 0 Å². The van der Waals surface area contributed by atoms with E-state index in [9.17, 15) is 0 Å². The molecule has 0 saturated carbocycles. The average molecular weight is 238 g/mol. The zero-order valence-electron chi connectivity index (χ0n) is 11.1. The monoisotopic (exact) mass is 238 g/mol. The Balaban J connectivity index is 2.52. The molecule has 1 atom stereocenters. The summed E-state index contributed by atoms with van der Waals surface area (Å²) in [6.07, 6.45) is 9.52. The van der Waals surface area contributed by atoms with Crippen LogP contribution in [0, 0.1) is 0 Å². The van der Waals surface area contributed by atoms with Crippen LogP contribution in [-0.4, -0.2) is 0 Å². The first-order valence-corrected chi connectivity index (χ1v) is 7.65. The van der Waals surface area contributed by atoms with Crippen LogP contribution in [0.3, 0.4) is 0 Å². The summed E-state index contributed by atoms with van der Waals surface area (Å²) in [5, 5.41) is 2.22. The normalized spacial score (nSPS) is 14.9. The van der Waals surface area contributed by atoms with Gasteiger partial charge in [0.25, 0.3) is 0 Å². The SMILES string of the molecule is CCCCCCC(C)(CCC)c1cccs1. The standard InChI is InChI=1S/C15H26S/c1-4-6-7-8-12-15(3,11-5-2)14-10-9-13-16-14/h9-10,13H,4-8,11-12H2,1-3H3. The van der Waals surface area contributed by atoms with Crippen molar-refractivity contribution < 1.29 is 0 Å². The Morgan fingerprint density at radius 1 is 1.06 bits per heavy atom. The van der Waals surface area contributed by atoms with Crippen LogP contribution in [0.2, 0.25) is 0 Å². The summed E-state index contributed by atoms with van der Waals surface area (Å²) in [5.74, 6) is 0. The Hall–Kier alpha value is -0.300. The van der Waals surface area contributed by atoms with Crippen molar-refractivity contribution in [2.24, 2.45) is 0 Å². The summed E-state index contributed by atoms with van der Waals surface area (Å²) < 4.78 is 0. The number of hydrogen-bond acceptors (Lipinski definition) is 1. The van der Waals surface area contributed by atoms with E-state index in [2.05, 4.69) is 38.3 Å². The first-order chi connectivity index (χ1) is 7.73. The van der Waals surface area contributed by atoms with Crippen molar-refractivity contribution in [3.8, 4) is 0 Å². The van der Waals surface area contributed by atoms with E-state index < -0.39 is 0 Å². The van der Waals surface area contributed by atoms with Crippen LogP contribution >= 0.6 is 11.3 Å². The summed E-state index contributed by atoms with van der Waals surface area (Å²) in [5.41, 5.74) is 0.441. The molecule has 16 heavy (non-hydrogen) atoms. The Kier molecular flexibility index (Phi) is 6.12. The van der Waals surface area contributed by atoms with Crippen molar-refractivity contribution in [2.75, 3.05) is 0 Å². The van der Waals surface area contributed by atoms with Gasteiger partial charge in [0.1, 0.15) is 0 Å². The molecule has 0 nitrogen and oxygen atoms in total. The molecular formula is C15H26S. The number of unbranched alkanes of at least 4 members (excludes halogenated alkanes) is 3. The molecule has 1 heterocycles. The van der Waals surface area contributed by atoms with Crippen LogP contribution in [-0.2, 0) is 5.41 Å². The van der Waals surface area contributed by atoms with E-state index in [1.165, 1.54) is 44.9 Å².